The molecule has 0 bridgehead atoms. The molecule has 0 aliphatic carbocycles. The molecule has 0 aromatic heterocycles. The van der Waals surface area contributed by atoms with E-state index in [4.69, 9.17) is 5.21 Å². The highest BCUT2D eigenvalue weighted by Gasteiger charge is 2.25. The molecule has 2 aromatic rings. The lowest BCUT2D eigenvalue weighted by Crippen LogP contribution is -2.51. The van der Waals surface area contributed by atoms with E-state index in [1.807, 2.05) is 42.5 Å². The fourth-order valence-corrected chi connectivity index (χ4v) is 2.20. The van der Waals surface area contributed by atoms with Crippen LogP contribution in [0.2, 0.25) is 0 Å². The van der Waals surface area contributed by atoms with Gasteiger partial charge in [0.25, 0.3) is 11.8 Å². The molecule has 0 unspecified atom stereocenters. The molecular weight excluding hydrogens is 320 g/mol. The number of carbonyl (C=O) groups is 2. The molecule has 25 heavy (non-hydrogen) atoms. The van der Waals surface area contributed by atoms with Crippen molar-refractivity contribution < 1.29 is 19.9 Å². The Labute approximate surface area is 145 Å². The summed E-state index contributed by atoms with van der Waals surface area (Å²) in [6, 6.07) is 15.4. The average molecular weight is 340 g/mol. The van der Waals surface area contributed by atoms with Crippen molar-refractivity contribution in [3.8, 4) is 0 Å². The normalized spacial score (nSPS) is 13.2. The third kappa shape index (κ3) is 5.27. The average Bonchev–Trinajstić information content (AvgIpc) is 2.64. The molecule has 0 fully saturated rings. The highest BCUT2D eigenvalue weighted by Crippen LogP contribution is 2.10. The number of hydrogen-bond donors (Lipinski definition) is 4. The topological polar surface area (TPSA) is 98.7 Å². The Morgan fingerprint density at radius 1 is 0.960 bits per heavy atom. The molecule has 0 radical (unpaired) electrons. The van der Waals surface area contributed by atoms with E-state index in [1.54, 1.807) is 24.3 Å². The highest BCUT2D eigenvalue weighted by molar-refractivity contribution is 5.97. The summed E-state index contributed by atoms with van der Waals surface area (Å²) in [6.07, 6.45) is 2.74. The van der Waals surface area contributed by atoms with Gasteiger partial charge >= 0.3 is 0 Å². The van der Waals surface area contributed by atoms with E-state index in [-0.39, 0.29) is 0 Å². The molecule has 2 atom stereocenters. The lowest BCUT2D eigenvalue weighted by Gasteiger charge is -2.19. The Morgan fingerprint density at radius 2 is 1.52 bits per heavy atom. The number of hydrogen-bond acceptors (Lipinski definition) is 4. The minimum atomic E-state index is -1.24. The second kappa shape index (κ2) is 8.77. The van der Waals surface area contributed by atoms with Crippen molar-refractivity contribution in [2.45, 2.75) is 19.1 Å². The van der Waals surface area contributed by atoms with Gasteiger partial charge in [-0.1, -0.05) is 54.6 Å². The fraction of sp³-hybridized carbons (Fsp3) is 0.158. The van der Waals surface area contributed by atoms with Gasteiger partial charge in [0.05, 0.1) is 6.10 Å². The number of rotatable bonds is 6. The van der Waals surface area contributed by atoms with Crippen molar-refractivity contribution in [3.05, 3.63) is 71.3 Å². The van der Waals surface area contributed by atoms with E-state index >= 15 is 0 Å². The molecule has 0 spiro atoms. The molecule has 130 valence electrons. The summed E-state index contributed by atoms with van der Waals surface area (Å²) in [7, 11) is 0. The summed E-state index contributed by atoms with van der Waals surface area (Å²) in [5.74, 6) is -1.40. The molecule has 0 aliphatic rings. The van der Waals surface area contributed by atoms with Gasteiger partial charge in [0, 0.05) is 5.56 Å². The zero-order valence-corrected chi connectivity index (χ0v) is 13.7. The SMILES string of the molecule is C[C@@H](O)[C@H](NC(=O)c1ccc(C=Cc2ccccc2)cc1)C(=O)NO. The number of aliphatic hydroxyl groups excluding tert-OH is 1. The van der Waals surface area contributed by atoms with Crippen LogP contribution in [0.25, 0.3) is 12.2 Å². The summed E-state index contributed by atoms with van der Waals surface area (Å²) in [5.41, 5.74) is 3.75. The summed E-state index contributed by atoms with van der Waals surface area (Å²) in [6.45, 7) is 1.34. The van der Waals surface area contributed by atoms with Crippen molar-refractivity contribution in [1.29, 1.82) is 0 Å². The molecule has 0 aliphatic heterocycles. The van der Waals surface area contributed by atoms with Crippen molar-refractivity contribution in [2.24, 2.45) is 0 Å². The number of aliphatic hydroxyl groups is 1. The maximum Gasteiger partial charge on any atom is 0.268 e. The first-order valence-electron chi connectivity index (χ1n) is 7.77. The molecule has 0 saturated carbocycles. The van der Waals surface area contributed by atoms with Gasteiger partial charge in [-0.25, -0.2) is 5.48 Å². The van der Waals surface area contributed by atoms with E-state index in [9.17, 15) is 14.7 Å². The second-order valence-corrected chi connectivity index (χ2v) is 5.53. The Bertz CT molecular complexity index is 740. The molecule has 0 saturated heterocycles. The molecule has 6 nitrogen and oxygen atoms in total. The highest BCUT2D eigenvalue weighted by atomic mass is 16.5. The zero-order valence-electron chi connectivity index (χ0n) is 13.7. The van der Waals surface area contributed by atoms with Crippen LogP contribution in [0.1, 0.15) is 28.4 Å². The third-order valence-corrected chi connectivity index (χ3v) is 3.60. The van der Waals surface area contributed by atoms with Gasteiger partial charge in [-0.15, -0.1) is 0 Å². The third-order valence-electron chi connectivity index (χ3n) is 3.60. The number of hydroxylamine groups is 1. The van der Waals surface area contributed by atoms with E-state index in [2.05, 4.69) is 5.32 Å². The molecule has 2 amide bonds. The van der Waals surface area contributed by atoms with Gasteiger partial charge in [-0.2, -0.15) is 0 Å². The monoisotopic (exact) mass is 340 g/mol. The minimum absolute atomic E-state index is 0.341. The van der Waals surface area contributed by atoms with Gasteiger partial charge in [-0.3, -0.25) is 14.8 Å². The van der Waals surface area contributed by atoms with Gasteiger partial charge < -0.3 is 10.4 Å². The van der Waals surface area contributed by atoms with Crippen LogP contribution in [-0.2, 0) is 4.79 Å². The van der Waals surface area contributed by atoms with Crippen LogP contribution < -0.4 is 10.8 Å². The quantitative estimate of drug-likeness (QED) is 0.366. The lowest BCUT2D eigenvalue weighted by molar-refractivity contribution is -0.133. The van der Waals surface area contributed by atoms with Crippen molar-refractivity contribution in [1.82, 2.24) is 10.8 Å². The molecule has 0 heterocycles. The molecule has 2 aromatic carbocycles. The van der Waals surface area contributed by atoms with Crippen LogP contribution in [-0.4, -0.2) is 34.3 Å². The first kappa shape index (κ1) is 18.4. The first-order valence-corrected chi connectivity index (χ1v) is 7.77. The lowest BCUT2D eigenvalue weighted by atomic mass is 10.1. The second-order valence-electron chi connectivity index (χ2n) is 5.53. The summed E-state index contributed by atoms with van der Waals surface area (Å²) >= 11 is 0. The number of benzene rings is 2. The van der Waals surface area contributed by atoms with Crippen LogP contribution in [0.3, 0.4) is 0 Å². The van der Waals surface area contributed by atoms with Crippen LogP contribution in [0.15, 0.2) is 54.6 Å². The van der Waals surface area contributed by atoms with Gasteiger partial charge in [0.1, 0.15) is 6.04 Å². The zero-order chi connectivity index (χ0) is 18.2. The van der Waals surface area contributed by atoms with E-state index in [0.717, 1.165) is 11.1 Å². The number of amides is 2. The van der Waals surface area contributed by atoms with E-state index in [1.165, 1.54) is 12.4 Å². The summed E-state index contributed by atoms with van der Waals surface area (Å²) in [5, 5.41) is 20.6. The Balaban J connectivity index is 2.04. The predicted molar refractivity (Wildman–Crippen MR) is 94.7 cm³/mol. The smallest absolute Gasteiger partial charge is 0.268 e. The maximum absolute atomic E-state index is 12.2. The van der Waals surface area contributed by atoms with E-state index < -0.39 is 24.0 Å². The Kier molecular flexibility index (Phi) is 6.45. The van der Waals surface area contributed by atoms with E-state index in [0.29, 0.717) is 5.56 Å². The van der Waals surface area contributed by atoms with Gasteiger partial charge in [0.2, 0.25) is 0 Å². The molecule has 4 N–H and O–H groups in total. The number of carbonyl (C=O) groups excluding carboxylic acids is 2. The van der Waals surface area contributed by atoms with Crippen LogP contribution in [0.5, 0.6) is 0 Å². The Hall–Kier alpha value is -2.96. The van der Waals surface area contributed by atoms with Gasteiger partial charge in [0.15, 0.2) is 0 Å². The summed E-state index contributed by atoms with van der Waals surface area (Å²) < 4.78 is 0. The predicted octanol–water partition coefficient (Wildman–Crippen LogP) is 1.84. The fourth-order valence-electron chi connectivity index (χ4n) is 2.20. The summed E-state index contributed by atoms with van der Waals surface area (Å²) in [4.78, 5) is 23.6. The molecule has 6 heteroatoms. The van der Waals surface area contributed by atoms with Crippen molar-refractivity contribution in [2.75, 3.05) is 0 Å². The van der Waals surface area contributed by atoms with Gasteiger partial charge in [-0.05, 0) is 30.2 Å². The van der Waals surface area contributed by atoms with Crippen LogP contribution in [0, 0.1) is 0 Å². The maximum atomic E-state index is 12.2. The first-order chi connectivity index (χ1) is 12.0. The standard InChI is InChI=1S/C19H20N2O4/c1-13(22)17(19(24)21-25)20-18(23)16-11-9-15(10-12-16)8-7-14-5-3-2-4-6-14/h2-13,17,22,25H,1H3,(H,20,23)(H,21,24)/t13-,17+/m1/s1. The molecule has 2 rings (SSSR count). The largest absolute Gasteiger partial charge is 0.391 e. The van der Waals surface area contributed by atoms with Crippen LogP contribution >= 0.6 is 0 Å². The number of nitrogens with one attached hydrogen (secondary N) is 2. The Morgan fingerprint density at radius 3 is 2.04 bits per heavy atom. The minimum Gasteiger partial charge on any atom is -0.391 e. The van der Waals surface area contributed by atoms with Crippen molar-refractivity contribution in [3.63, 3.8) is 0 Å². The van der Waals surface area contributed by atoms with Crippen molar-refractivity contribution >= 4 is 24.0 Å². The van der Waals surface area contributed by atoms with Crippen LogP contribution in [0.4, 0.5) is 0 Å². The molecular formula is C19H20N2O4.